The molecule has 164 valence electrons. The second kappa shape index (κ2) is 8.71. The fourth-order valence-electron chi connectivity index (χ4n) is 3.86. The van der Waals surface area contributed by atoms with Gasteiger partial charge in [0.15, 0.2) is 11.6 Å². The average Bonchev–Trinajstić information content (AvgIpc) is 3.46. The molecule has 4 N–H and O–H groups in total. The predicted molar refractivity (Wildman–Crippen MR) is 126 cm³/mol. The minimum Gasteiger partial charge on any atom is -0.396 e. The normalized spacial score (nSPS) is 14.8. The van der Waals surface area contributed by atoms with Gasteiger partial charge in [-0.25, -0.2) is 9.97 Å². The molecule has 0 bridgehead atoms. The highest BCUT2D eigenvalue weighted by Crippen LogP contribution is 2.24. The number of imidazole rings is 1. The quantitative estimate of drug-likeness (QED) is 0.335. The number of hydrogen-bond acceptors (Lipinski definition) is 6. The molecule has 1 fully saturated rings. The molecule has 5 rings (SSSR count). The van der Waals surface area contributed by atoms with Crippen LogP contribution in [0.3, 0.4) is 0 Å². The van der Waals surface area contributed by atoms with E-state index in [4.69, 9.17) is 0 Å². The second-order valence-electron chi connectivity index (χ2n) is 7.89. The third-order valence-electron chi connectivity index (χ3n) is 5.73. The van der Waals surface area contributed by atoms with Crippen molar-refractivity contribution < 1.29 is 9.90 Å². The third kappa shape index (κ3) is 4.23. The third-order valence-corrected chi connectivity index (χ3v) is 6.22. The summed E-state index contributed by atoms with van der Waals surface area (Å²) in [6.45, 7) is 1.96. The lowest BCUT2D eigenvalue weighted by atomic mass is 9.98. The first kappa shape index (κ1) is 20.7. The number of nitrogens with zero attached hydrogens (tertiary/aromatic N) is 4. The van der Waals surface area contributed by atoms with Crippen molar-refractivity contribution in [1.82, 2.24) is 25.1 Å². The van der Waals surface area contributed by atoms with Gasteiger partial charge in [-0.1, -0.05) is 15.9 Å². The number of H-pyrrole nitrogens is 2. The summed E-state index contributed by atoms with van der Waals surface area (Å²) in [6.07, 6.45) is 3.47. The topological polar surface area (TPSA) is 123 Å². The van der Waals surface area contributed by atoms with Gasteiger partial charge in [-0.3, -0.25) is 9.89 Å². The molecule has 1 aromatic carbocycles. The summed E-state index contributed by atoms with van der Waals surface area (Å²) in [5.41, 5.74) is 2.88. The number of fused-ring (bicyclic) bond motifs is 1. The maximum Gasteiger partial charge on any atom is 0.258 e. The van der Waals surface area contributed by atoms with Crippen LogP contribution in [-0.4, -0.2) is 55.9 Å². The Morgan fingerprint density at radius 3 is 2.81 bits per heavy atom. The van der Waals surface area contributed by atoms with E-state index in [2.05, 4.69) is 51.3 Å². The first-order valence-electron chi connectivity index (χ1n) is 10.4. The van der Waals surface area contributed by atoms with Crippen molar-refractivity contribution in [1.29, 1.82) is 0 Å². The van der Waals surface area contributed by atoms with Gasteiger partial charge in [-0.15, -0.1) is 0 Å². The number of piperidine rings is 1. The van der Waals surface area contributed by atoms with E-state index in [0.717, 1.165) is 47.3 Å². The molecule has 4 heterocycles. The van der Waals surface area contributed by atoms with E-state index in [1.807, 2.05) is 24.3 Å². The maximum absolute atomic E-state index is 12.6. The zero-order valence-electron chi connectivity index (χ0n) is 17.2. The molecular formula is C22H22BrN7O2. The molecule has 4 aromatic rings. The van der Waals surface area contributed by atoms with Crippen molar-refractivity contribution in [2.24, 2.45) is 5.92 Å². The van der Waals surface area contributed by atoms with Crippen LogP contribution in [0.5, 0.6) is 0 Å². The van der Waals surface area contributed by atoms with Gasteiger partial charge in [-0.2, -0.15) is 5.10 Å². The van der Waals surface area contributed by atoms with E-state index in [9.17, 15) is 9.90 Å². The Balaban J connectivity index is 1.25. The number of carbonyl (C=O) groups excluding carboxylic acids is 1. The lowest BCUT2D eigenvalue weighted by molar-refractivity contribution is 0.102. The summed E-state index contributed by atoms with van der Waals surface area (Å²) in [5.74, 6) is 1.98. The lowest BCUT2D eigenvalue weighted by Gasteiger charge is -2.31. The number of pyridine rings is 1. The monoisotopic (exact) mass is 495 g/mol. The summed E-state index contributed by atoms with van der Waals surface area (Å²) < 4.78 is 0.965. The maximum atomic E-state index is 12.6. The smallest absolute Gasteiger partial charge is 0.258 e. The number of halogens is 1. The first-order valence-corrected chi connectivity index (χ1v) is 11.2. The number of rotatable bonds is 5. The van der Waals surface area contributed by atoms with E-state index in [1.54, 1.807) is 18.3 Å². The number of aliphatic hydroxyl groups is 1. The number of amides is 1. The van der Waals surface area contributed by atoms with Gasteiger partial charge >= 0.3 is 0 Å². The zero-order chi connectivity index (χ0) is 22.1. The van der Waals surface area contributed by atoms with Gasteiger partial charge in [0, 0.05) is 36.4 Å². The number of aromatic nitrogens is 5. The molecule has 0 atom stereocenters. The molecule has 0 unspecified atom stereocenters. The molecule has 1 aliphatic rings. The van der Waals surface area contributed by atoms with Gasteiger partial charge in [0.2, 0.25) is 0 Å². The molecule has 10 heteroatoms. The average molecular weight is 496 g/mol. The molecule has 3 aromatic heterocycles. The molecule has 0 aliphatic carbocycles. The van der Waals surface area contributed by atoms with Crippen LogP contribution in [0, 0.1) is 5.92 Å². The van der Waals surface area contributed by atoms with E-state index >= 15 is 0 Å². The standard InChI is InChI=1S/C22H22BrN7O2/c23-15-2-3-16-17(9-15)26-21(25-16)18-10-19(29-28-18)27-22(32)14-1-4-20(24-11-14)30-7-5-13(12-31)6-8-30/h1-4,9-11,13,31H,5-8,12H2,(H,25,26)(H2,27,28,29,32). The number of hydrogen-bond donors (Lipinski definition) is 4. The molecule has 32 heavy (non-hydrogen) atoms. The van der Waals surface area contributed by atoms with Gasteiger partial charge in [0.05, 0.1) is 16.6 Å². The van der Waals surface area contributed by atoms with E-state index in [-0.39, 0.29) is 12.5 Å². The SMILES string of the molecule is O=C(Nc1cc(-c2nc3ccc(Br)cc3[nH]2)[nH]n1)c1ccc(N2CCC(CO)CC2)nc1. The van der Waals surface area contributed by atoms with Crippen LogP contribution >= 0.6 is 15.9 Å². The Labute approximate surface area is 192 Å². The molecule has 1 amide bonds. The van der Waals surface area contributed by atoms with Gasteiger partial charge < -0.3 is 20.3 Å². The Bertz CT molecular complexity index is 1240. The molecule has 0 saturated carbocycles. The molecule has 0 spiro atoms. The van der Waals surface area contributed by atoms with Gasteiger partial charge in [0.1, 0.15) is 11.5 Å². The number of nitrogens with one attached hydrogen (secondary N) is 3. The highest BCUT2D eigenvalue weighted by molar-refractivity contribution is 9.10. The number of benzene rings is 1. The molecule has 1 saturated heterocycles. The van der Waals surface area contributed by atoms with Crippen molar-refractivity contribution in [3.8, 4) is 11.5 Å². The summed E-state index contributed by atoms with van der Waals surface area (Å²) in [7, 11) is 0. The number of carbonyl (C=O) groups is 1. The van der Waals surface area contributed by atoms with E-state index in [1.165, 1.54) is 0 Å². The fourth-order valence-corrected chi connectivity index (χ4v) is 4.22. The van der Waals surface area contributed by atoms with Gasteiger partial charge in [-0.05, 0) is 49.1 Å². The summed E-state index contributed by atoms with van der Waals surface area (Å²) >= 11 is 3.45. The minimum atomic E-state index is -0.283. The number of aromatic amines is 2. The van der Waals surface area contributed by atoms with Crippen molar-refractivity contribution in [3.63, 3.8) is 0 Å². The Morgan fingerprint density at radius 2 is 2.06 bits per heavy atom. The number of anilines is 2. The molecule has 0 radical (unpaired) electrons. The van der Waals surface area contributed by atoms with Crippen LogP contribution in [0.4, 0.5) is 11.6 Å². The predicted octanol–water partition coefficient (Wildman–Crippen LogP) is 3.57. The Hall–Kier alpha value is -3.24. The van der Waals surface area contributed by atoms with E-state index < -0.39 is 0 Å². The van der Waals surface area contributed by atoms with Crippen LogP contribution in [0.1, 0.15) is 23.2 Å². The Kier molecular flexibility index (Phi) is 5.62. The largest absolute Gasteiger partial charge is 0.396 e. The second-order valence-corrected chi connectivity index (χ2v) is 8.80. The summed E-state index contributed by atoms with van der Waals surface area (Å²) in [6, 6.07) is 11.2. The Morgan fingerprint density at radius 1 is 1.22 bits per heavy atom. The van der Waals surface area contributed by atoms with Crippen molar-refractivity contribution in [2.75, 3.05) is 29.9 Å². The molecule has 9 nitrogen and oxygen atoms in total. The molecular weight excluding hydrogens is 474 g/mol. The molecule has 1 aliphatic heterocycles. The summed E-state index contributed by atoms with van der Waals surface area (Å²) in [5, 5.41) is 19.2. The van der Waals surface area contributed by atoms with Crippen molar-refractivity contribution >= 4 is 44.5 Å². The highest BCUT2D eigenvalue weighted by Gasteiger charge is 2.20. The number of aliphatic hydroxyl groups excluding tert-OH is 1. The van der Waals surface area contributed by atoms with Crippen LogP contribution < -0.4 is 10.2 Å². The van der Waals surface area contributed by atoms with Crippen molar-refractivity contribution in [2.45, 2.75) is 12.8 Å². The van der Waals surface area contributed by atoms with Crippen molar-refractivity contribution in [3.05, 3.63) is 52.6 Å². The van der Waals surface area contributed by atoms with Gasteiger partial charge in [0.25, 0.3) is 5.91 Å². The lowest BCUT2D eigenvalue weighted by Crippen LogP contribution is -2.35. The van der Waals surface area contributed by atoms with Crippen LogP contribution in [0.15, 0.2) is 47.1 Å². The summed E-state index contributed by atoms with van der Waals surface area (Å²) in [4.78, 5) is 27.1. The van der Waals surface area contributed by atoms with Crippen LogP contribution in [0.2, 0.25) is 0 Å². The fraction of sp³-hybridized carbons (Fsp3) is 0.273. The van der Waals surface area contributed by atoms with Crippen LogP contribution in [-0.2, 0) is 0 Å². The minimum absolute atomic E-state index is 0.239. The first-order chi connectivity index (χ1) is 15.6. The van der Waals surface area contributed by atoms with E-state index in [0.29, 0.717) is 28.8 Å². The van der Waals surface area contributed by atoms with Crippen LogP contribution in [0.25, 0.3) is 22.6 Å². The highest BCUT2D eigenvalue weighted by atomic mass is 79.9. The zero-order valence-corrected chi connectivity index (χ0v) is 18.8.